The molecule has 1 amide bonds. The van der Waals surface area contributed by atoms with Crippen molar-refractivity contribution in [3.05, 3.63) is 29.8 Å². The van der Waals surface area contributed by atoms with E-state index in [1.807, 2.05) is 23.1 Å². The SMILES string of the molecule is O=C(OCC1CCCO1)C1CCCCC1C(=O)N1CCc2ccccc21. The number of benzene rings is 1. The van der Waals surface area contributed by atoms with Crippen molar-refractivity contribution in [2.45, 2.75) is 51.0 Å². The van der Waals surface area contributed by atoms with E-state index in [1.54, 1.807) is 0 Å². The van der Waals surface area contributed by atoms with Gasteiger partial charge in [0.2, 0.25) is 5.91 Å². The summed E-state index contributed by atoms with van der Waals surface area (Å²) in [5.41, 5.74) is 2.23. The minimum absolute atomic E-state index is 0.0298. The number of hydrogen-bond acceptors (Lipinski definition) is 4. The fourth-order valence-corrected chi connectivity index (χ4v) is 4.53. The van der Waals surface area contributed by atoms with Gasteiger partial charge in [0.05, 0.1) is 17.9 Å². The van der Waals surface area contributed by atoms with Crippen molar-refractivity contribution in [3.63, 3.8) is 0 Å². The van der Waals surface area contributed by atoms with Crippen molar-refractivity contribution in [2.75, 3.05) is 24.7 Å². The summed E-state index contributed by atoms with van der Waals surface area (Å²) in [7, 11) is 0. The molecule has 0 N–H and O–H groups in total. The van der Waals surface area contributed by atoms with E-state index in [2.05, 4.69) is 6.07 Å². The molecule has 2 aliphatic heterocycles. The molecular weight excluding hydrogens is 330 g/mol. The van der Waals surface area contributed by atoms with Crippen LogP contribution < -0.4 is 4.90 Å². The van der Waals surface area contributed by atoms with E-state index in [-0.39, 0.29) is 29.8 Å². The predicted molar refractivity (Wildman–Crippen MR) is 97.9 cm³/mol. The lowest BCUT2D eigenvalue weighted by atomic mass is 9.78. The Kier molecular flexibility index (Phi) is 5.25. The van der Waals surface area contributed by atoms with E-state index >= 15 is 0 Å². The lowest BCUT2D eigenvalue weighted by Gasteiger charge is -2.32. The number of carbonyl (C=O) groups is 2. The molecule has 1 aromatic rings. The van der Waals surface area contributed by atoms with Crippen LogP contribution >= 0.6 is 0 Å². The molecule has 2 heterocycles. The molecular formula is C21H27NO4. The molecule has 0 bridgehead atoms. The summed E-state index contributed by atoms with van der Waals surface area (Å²) in [4.78, 5) is 27.8. The molecule has 3 atom stereocenters. The monoisotopic (exact) mass is 357 g/mol. The molecule has 1 saturated carbocycles. The van der Waals surface area contributed by atoms with Gasteiger partial charge in [0.1, 0.15) is 6.61 Å². The van der Waals surface area contributed by atoms with Crippen molar-refractivity contribution in [1.82, 2.24) is 0 Å². The first kappa shape index (κ1) is 17.5. The first-order valence-electron chi connectivity index (χ1n) is 9.91. The fourth-order valence-electron chi connectivity index (χ4n) is 4.53. The van der Waals surface area contributed by atoms with E-state index in [4.69, 9.17) is 9.47 Å². The molecule has 1 aromatic carbocycles. The van der Waals surface area contributed by atoms with E-state index < -0.39 is 0 Å². The van der Waals surface area contributed by atoms with E-state index in [0.717, 1.165) is 57.2 Å². The largest absolute Gasteiger partial charge is 0.463 e. The minimum atomic E-state index is -0.314. The summed E-state index contributed by atoms with van der Waals surface area (Å²) < 4.78 is 11.1. The van der Waals surface area contributed by atoms with Gasteiger partial charge in [-0.25, -0.2) is 0 Å². The normalized spacial score (nSPS) is 28.0. The first-order valence-corrected chi connectivity index (χ1v) is 9.91. The van der Waals surface area contributed by atoms with Gasteiger partial charge in [-0.15, -0.1) is 0 Å². The van der Waals surface area contributed by atoms with Gasteiger partial charge < -0.3 is 14.4 Å². The maximum absolute atomic E-state index is 13.2. The lowest BCUT2D eigenvalue weighted by molar-refractivity contribution is -0.157. The maximum atomic E-state index is 13.2. The molecule has 1 saturated heterocycles. The summed E-state index contributed by atoms with van der Waals surface area (Å²) in [6, 6.07) is 8.07. The molecule has 0 spiro atoms. The summed E-state index contributed by atoms with van der Waals surface area (Å²) in [6.45, 7) is 1.79. The van der Waals surface area contributed by atoms with Gasteiger partial charge in [0.25, 0.3) is 0 Å². The summed E-state index contributed by atoms with van der Waals surface area (Å²) in [6.07, 6.45) is 6.41. The summed E-state index contributed by atoms with van der Waals surface area (Å²) in [5.74, 6) is -0.697. The van der Waals surface area contributed by atoms with Gasteiger partial charge >= 0.3 is 5.97 Å². The van der Waals surface area contributed by atoms with Crippen molar-refractivity contribution < 1.29 is 19.1 Å². The van der Waals surface area contributed by atoms with E-state index in [1.165, 1.54) is 5.56 Å². The van der Waals surface area contributed by atoms with Crippen LogP contribution in [0.15, 0.2) is 24.3 Å². The quantitative estimate of drug-likeness (QED) is 0.777. The number of fused-ring (bicyclic) bond motifs is 1. The van der Waals surface area contributed by atoms with Gasteiger partial charge in [-0.2, -0.15) is 0 Å². The third-order valence-electron chi connectivity index (χ3n) is 5.97. The highest BCUT2D eigenvalue weighted by Gasteiger charge is 2.40. The van der Waals surface area contributed by atoms with Crippen LogP contribution in [0.3, 0.4) is 0 Å². The number of esters is 1. The Morgan fingerprint density at radius 1 is 1.08 bits per heavy atom. The number of amides is 1. The number of anilines is 1. The number of rotatable bonds is 4. The van der Waals surface area contributed by atoms with Crippen LogP contribution in [0.5, 0.6) is 0 Å². The smallest absolute Gasteiger partial charge is 0.309 e. The minimum Gasteiger partial charge on any atom is -0.463 e. The second-order valence-electron chi connectivity index (χ2n) is 7.63. The zero-order valence-electron chi connectivity index (χ0n) is 15.2. The van der Waals surface area contributed by atoms with E-state index in [9.17, 15) is 9.59 Å². The molecule has 3 aliphatic rings. The molecule has 5 heteroatoms. The molecule has 5 nitrogen and oxygen atoms in total. The third-order valence-corrected chi connectivity index (χ3v) is 5.97. The molecule has 0 aromatic heterocycles. The van der Waals surface area contributed by atoms with E-state index in [0.29, 0.717) is 13.2 Å². The number of hydrogen-bond donors (Lipinski definition) is 0. The van der Waals surface area contributed by atoms with Crippen LogP contribution in [0, 0.1) is 11.8 Å². The predicted octanol–water partition coefficient (Wildman–Crippen LogP) is 3.10. The summed E-state index contributed by atoms with van der Waals surface area (Å²) in [5, 5.41) is 0. The van der Waals surface area contributed by atoms with Gasteiger partial charge in [-0.1, -0.05) is 31.0 Å². The molecule has 0 radical (unpaired) electrons. The Bertz CT molecular complexity index is 668. The lowest BCUT2D eigenvalue weighted by Crippen LogP contribution is -2.42. The van der Waals surface area contributed by atoms with Crippen molar-refractivity contribution in [3.8, 4) is 0 Å². The second kappa shape index (κ2) is 7.78. The molecule has 4 rings (SSSR count). The Labute approximate surface area is 154 Å². The van der Waals surface area contributed by atoms with Crippen molar-refractivity contribution in [2.24, 2.45) is 11.8 Å². The highest BCUT2D eigenvalue weighted by Crippen LogP contribution is 2.36. The first-order chi connectivity index (χ1) is 12.7. The second-order valence-corrected chi connectivity index (χ2v) is 7.63. The number of ether oxygens (including phenoxy) is 2. The van der Waals surface area contributed by atoms with Crippen LogP contribution in [0.4, 0.5) is 5.69 Å². The molecule has 2 fully saturated rings. The number of nitrogens with zero attached hydrogens (tertiary/aromatic N) is 1. The van der Waals surface area contributed by atoms with Crippen LogP contribution in [0.2, 0.25) is 0 Å². The van der Waals surface area contributed by atoms with Crippen LogP contribution in [0.25, 0.3) is 0 Å². The highest BCUT2D eigenvalue weighted by molar-refractivity contribution is 5.99. The van der Waals surface area contributed by atoms with Crippen LogP contribution in [-0.4, -0.2) is 37.7 Å². The Morgan fingerprint density at radius 3 is 2.69 bits per heavy atom. The van der Waals surface area contributed by atoms with Crippen LogP contribution in [0.1, 0.15) is 44.1 Å². The summed E-state index contributed by atoms with van der Waals surface area (Å²) >= 11 is 0. The standard InChI is InChI=1S/C21H27NO4/c23-20(22-12-11-15-6-1-4-10-19(15)22)17-8-2-3-9-18(17)21(24)26-14-16-7-5-13-25-16/h1,4,6,10,16-18H,2-3,5,7-9,11-14H2. The highest BCUT2D eigenvalue weighted by atomic mass is 16.6. The fraction of sp³-hybridized carbons (Fsp3) is 0.619. The number of carbonyl (C=O) groups excluding carboxylic acids is 2. The zero-order valence-corrected chi connectivity index (χ0v) is 15.2. The van der Waals surface area contributed by atoms with Gasteiger partial charge in [0, 0.05) is 18.8 Å². The van der Waals surface area contributed by atoms with Gasteiger partial charge in [-0.3, -0.25) is 9.59 Å². The molecule has 140 valence electrons. The molecule has 1 aliphatic carbocycles. The molecule has 26 heavy (non-hydrogen) atoms. The number of para-hydroxylation sites is 1. The van der Waals surface area contributed by atoms with Gasteiger partial charge in [0.15, 0.2) is 0 Å². The van der Waals surface area contributed by atoms with Crippen LogP contribution in [-0.2, 0) is 25.5 Å². The maximum Gasteiger partial charge on any atom is 0.309 e. The Hall–Kier alpha value is -1.88. The van der Waals surface area contributed by atoms with Gasteiger partial charge in [-0.05, 0) is 43.7 Å². The average molecular weight is 357 g/mol. The zero-order chi connectivity index (χ0) is 17.9. The Balaban J connectivity index is 1.43. The average Bonchev–Trinajstić information content (AvgIpc) is 3.35. The third kappa shape index (κ3) is 3.50. The van der Waals surface area contributed by atoms with Crippen molar-refractivity contribution in [1.29, 1.82) is 0 Å². The van der Waals surface area contributed by atoms with Crippen molar-refractivity contribution >= 4 is 17.6 Å². The topological polar surface area (TPSA) is 55.8 Å². The Morgan fingerprint density at radius 2 is 1.88 bits per heavy atom. The molecule has 3 unspecified atom stereocenters.